The van der Waals surface area contributed by atoms with Crippen molar-refractivity contribution in [1.29, 1.82) is 0 Å². The second-order valence-corrected chi connectivity index (χ2v) is 3.74. The highest BCUT2D eigenvalue weighted by Gasteiger charge is 2.11. The standard InChI is InChI=1S/C13H11N3O2/c1-17-10-5-2-4-9(8-10)12-15-13(18-16-12)11-6-3-7-14-11/h2-8,14H,1H3. The molecule has 90 valence electrons. The molecule has 0 bridgehead atoms. The molecule has 2 heterocycles. The van der Waals surface area contributed by atoms with Crippen LogP contribution in [0.2, 0.25) is 0 Å². The Labute approximate surface area is 103 Å². The van der Waals surface area contributed by atoms with Crippen LogP contribution in [-0.4, -0.2) is 22.2 Å². The normalized spacial score (nSPS) is 10.5. The average Bonchev–Trinajstić information content (AvgIpc) is 3.09. The van der Waals surface area contributed by atoms with Gasteiger partial charge in [-0.1, -0.05) is 17.3 Å². The van der Waals surface area contributed by atoms with Crippen LogP contribution >= 0.6 is 0 Å². The van der Waals surface area contributed by atoms with E-state index >= 15 is 0 Å². The molecule has 18 heavy (non-hydrogen) atoms. The fourth-order valence-electron chi connectivity index (χ4n) is 1.68. The van der Waals surface area contributed by atoms with Gasteiger partial charge in [0.25, 0.3) is 5.89 Å². The Morgan fingerprint density at radius 2 is 2.17 bits per heavy atom. The van der Waals surface area contributed by atoms with Crippen molar-refractivity contribution in [3.63, 3.8) is 0 Å². The fraction of sp³-hybridized carbons (Fsp3) is 0.0769. The van der Waals surface area contributed by atoms with Crippen LogP contribution in [0.3, 0.4) is 0 Å². The van der Waals surface area contributed by atoms with Crippen LogP contribution in [0.5, 0.6) is 5.75 Å². The van der Waals surface area contributed by atoms with Crippen molar-refractivity contribution in [1.82, 2.24) is 15.1 Å². The minimum atomic E-state index is 0.470. The summed E-state index contributed by atoms with van der Waals surface area (Å²) in [5, 5.41) is 3.96. The SMILES string of the molecule is COc1cccc(-c2noc(-c3ccc[nH]3)n2)c1. The summed E-state index contributed by atoms with van der Waals surface area (Å²) >= 11 is 0. The molecular weight excluding hydrogens is 230 g/mol. The lowest BCUT2D eigenvalue weighted by atomic mass is 10.2. The van der Waals surface area contributed by atoms with Crippen LogP contribution in [0.25, 0.3) is 23.0 Å². The summed E-state index contributed by atoms with van der Waals surface area (Å²) in [6.45, 7) is 0. The van der Waals surface area contributed by atoms with Gasteiger partial charge in [-0.3, -0.25) is 0 Å². The first-order valence-electron chi connectivity index (χ1n) is 5.49. The van der Waals surface area contributed by atoms with Gasteiger partial charge in [-0.05, 0) is 24.3 Å². The van der Waals surface area contributed by atoms with Crippen molar-refractivity contribution in [3.05, 3.63) is 42.6 Å². The van der Waals surface area contributed by atoms with Crippen molar-refractivity contribution in [2.75, 3.05) is 7.11 Å². The molecule has 5 nitrogen and oxygen atoms in total. The molecule has 2 aromatic heterocycles. The molecule has 0 aliphatic carbocycles. The number of hydrogen-bond donors (Lipinski definition) is 1. The Morgan fingerprint density at radius 1 is 1.22 bits per heavy atom. The van der Waals surface area contributed by atoms with E-state index in [1.807, 2.05) is 42.6 Å². The maximum Gasteiger partial charge on any atom is 0.274 e. The number of aromatic nitrogens is 3. The lowest BCUT2D eigenvalue weighted by Gasteiger charge is -1.99. The van der Waals surface area contributed by atoms with Crippen molar-refractivity contribution in [2.24, 2.45) is 0 Å². The third-order valence-electron chi connectivity index (χ3n) is 2.58. The molecule has 0 saturated carbocycles. The lowest BCUT2D eigenvalue weighted by molar-refractivity contribution is 0.414. The number of methoxy groups -OCH3 is 1. The van der Waals surface area contributed by atoms with Gasteiger partial charge >= 0.3 is 0 Å². The number of hydrogen-bond acceptors (Lipinski definition) is 4. The van der Waals surface area contributed by atoms with Crippen LogP contribution in [0, 0.1) is 0 Å². The summed E-state index contributed by atoms with van der Waals surface area (Å²) in [7, 11) is 1.62. The Hall–Kier alpha value is -2.56. The minimum absolute atomic E-state index is 0.470. The van der Waals surface area contributed by atoms with Gasteiger partial charge in [-0.15, -0.1) is 0 Å². The number of nitrogens with one attached hydrogen (secondary N) is 1. The maximum atomic E-state index is 5.20. The molecule has 3 rings (SSSR count). The summed E-state index contributed by atoms with van der Waals surface area (Å²) in [6, 6.07) is 11.3. The largest absolute Gasteiger partial charge is 0.497 e. The van der Waals surface area contributed by atoms with Gasteiger partial charge in [0.1, 0.15) is 11.4 Å². The Bertz CT molecular complexity index is 644. The number of aromatic amines is 1. The van der Waals surface area contributed by atoms with Crippen molar-refractivity contribution in [2.45, 2.75) is 0 Å². The van der Waals surface area contributed by atoms with Gasteiger partial charge < -0.3 is 14.2 Å². The van der Waals surface area contributed by atoms with Crippen LogP contribution < -0.4 is 4.74 Å². The molecule has 0 aliphatic heterocycles. The molecule has 0 amide bonds. The molecule has 3 aromatic rings. The van der Waals surface area contributed by atoms with E-state index < -0.39 is 0 Å². The molecule has 0 aliphatic rings. The number of benzene rings is 1. The zero-order chi connectivity index (χ0) is 12.4. The first kappa shape index (κ1) is 10.6. The third-order valence-corrected chi connectivity index (χ3v) is 2.58. The van der Waals surface area contributed by atoms with Crippen molar-refractivity contribution in [3.8, 4) is 28.7 Å². The summed E-state index contributed by atoms with van der Waals surface area (Å²) in [6.07, 6.45) is 1.81. The molecular formula is C13H11N3O2. The first-order chi connectivity index (χ1) is 8.86. The van der Waals surface area contributed by atoms with Crippen LogP contribution in [0.1, 0.15) is 0 Å². The summed E-state index contributed by atoms with van der Waals surface area (Å²) in [4.78, 5) is 7.35. The Morgan fingerprint density at radius 3 is 2.94 bits per heavy atom. The van der Waals surface area contributed by atoms with E-state index in [1.54, 1.807) is 7.11 Å². The van der Waals surface area contributed by atoms with E-state index in [0.717, 1.165) is 17.0 Å². The molecule has 0 spiro atoms. The second-order valence-electron chi connectivity index (χ2n) is 3.74. The summed E-state index contributed by atoms with van der Waals surface area (Å²) < 4.78 is 10.4. The third kappa shape index (κ3) is 1.86. The summed E-state index contributed by atoms with van der Waals surface area (Å²) in [5.74, 6) is 1.77. The highest BCUT2D eigenvalue weighted by molar-refractivity contribution is 5.59. The van der Waals surface area contributed by atoms with E-state index in [1.165, 1.54) is 0 Å². The predicted octanol–water partition coefficient (Wildman–Crippen LogP) is 2.74. The Balaban J connectivity index is 1.97. The van der Waals surface area contributed by atoms with Gasteiger partial charge in [0.05, 0.1) is 7.11 Å². The van der Waals surface area contributed by atoms with E-state index in [0.29, 0.717) is 11.7 Å². The predicted molar refractivity (Wildman–Crippen MR) is 66.1 cm³/mol. The second kappa shape index (κ2) is 4.37. The molecule has 5 heteroatoms. The Kier molecular flexibility index (Phi) is 2.57. The molecule has 1 aromatic carbocycles. The van der Waals surface area contributed by atoms with Gasteiger partial charge in [0.2, 0.25) is 5.82 Å². The zero-order valence-corrected chi connectivity index (χ0v) is 9.75. The van der Waals surface area contributed by atoms with Gasteiger partial charge in [-0.25, -0.2) is 0 Å². The van der Waals surface area contributed by atoms with Crippen molar-refractivity contribution >= 4 is 0 Å². The molecule has 0 radical (unpaired) electrons. The summed E-state index contributed by atoms with van der Waals surface area (Å²) in [5.41, 5.74) is 1.66. The molecule has 0 fully saturated rings. The highest BCUT2D eigenvalue weighted by Crippen LogP contribution is 2.23. The lowest BCUT2D eigenvalue weighted by Crippen LogP contribution is -1.85. The molecule has 0 unspecified atom stereocenters. The number of nitrogens with zero attached hydrogens (tertiary/aromatic N) is 2. The quantitative estimate of drug-likeness (QED) is 0.765. The monoisotopic (exact) mass is 241 g/mol. The smallest absolute Gasteiger partial charge is 0.274 e. The van der Waals surface area contributed by atoms with Gasteiger partial charge in [0, 0.05) is 11.8 Å². The van der Waals surface area contributed by atoms with E-state index in [-0.39, 0.29) is 0 Å². The topological polar surface area (TPSA) is 63.9 Å². The molecule has 0 saturated heterocycles. The van der Waals surface area contributed by atoms with Gasteiger partial charge in [-0.2, -0.15) is 4.98 Å². The van der Waals surface area contributed by atoms with E-state index in [2.05, 4.69) is 15.1 Å². The van der Waals surface area contributed by atoms with Crippen LogP contribution in [0.4, 0.5) is 0 Å². The van der Waals surface area contributed by atoms with Crippen molar-refractivity contribution < 1.29 is 9.26 Å². The van der Waals surface area contributed by atoms with E-state index in [4.69, 9.17) is 9.26 Å². The maximum absolute atomic E-state index is 5.20. The van der Waals surface area contributed by atoms with Gasteiger partial charge in [0.15, 0.2) is 0 Å². The van der Waals surface area contributed by atoms with Crippen LogP contribution in [-0.2, 0) is 0 Å². The molecule has 1 N–H and O–H groups in total. The number of rotatable bonds is 3. The highest BCUT2D eigenvalue weighted by atomic mass is 16.5. The average molecular weight is 241 g/mol. The first-order valence-corrected chi connectivity index (χ1v) is 5.49. The van der Waals surface area contributed by atoms with Crippen LogP contribution in [0.15, 0.2) is 47.1 Å². The number of ether oxygens (including phenoxy) is 1. The van der Waals surface area contributed by atoms with E-state index in [9.17, 15) is 0 Å². The minimum Gasteiger partial charge on any atom is -0.497 e. The molecule has 0 atom stereocenters. The fourth-order valence-corrected chi connectivity index (χ4v) is 1.68. The zero-order valence-electron chi connectivity index (χ0n) is 9.75. The number of H-pyrrole nitrogens is 1.